The van der Waals surface area contributed by atoms with Crippen molar-refractivity contribution in [3.63, 3.8) is 0 Å². The van der Waals surface area contributed by atoms with Gasteiger partial charge in [-0.3, -0.25) is 9.89 Å². The Labute approximate surface area is 94.1 Å². The molecule has 0 radical (unpaired) electrons. The van der Waals surface area contributed by atoms with Crippen molar-refractivity contribution in [2.24, 2.45) is 0 Å². The van der Waals surface area contributed by atoms with Gasteiger partial charge in [0.25, 0.3) is 5.56 Å². The highest BCUT2D eigenvalue weighted by Crippen LogP contribution is 2.26. The third-order valence-corrected chi connectivity index (χ3v) is 2.32. The summed E-state index contributed by atoms with van der Waals surface area (Å²) in [7, 11) is 0. The second-order valence-electron chi connectivity index (χ2n) is 3.72. The van der Waals surface area contributed by atoms with Crippen LogP contribution in [0.2, 0.25) is 0 Å². The number of alkyl halides is 3. The van der Waals surface area contributed by atoms with Gasteiger partial charge in [-0.2, -0.15) is 17.7 Å². The highest BCUT2D eigenvalue weighted by atomic mass is 19.4. The fourth-order valence-corrected chi connectivity index (χ4v) is 1.61. The zero-order chi connectivity index (χ0) is 12.6. The Morgan fingerprint density at radius 3 is 2.71 bits per heavy atom. The second kappa shape index (κ2) is 3.90. The minimum Gasteiger partial charge on any atom is -0.269 e. The molecule has 0 aliphatic heterocycles. The van der Waals surface area contributed by atoms with Crippen LogP contribution in [0.15, 0.2) is 16.9 Å². The SMILES string of the molecule is CCCc1cc(=O)n2[nH]c(C(F)(F)F)nc2c1. The second-order valence-corrected chi connectivity index (χ2v) is 3.72. The zero-order valence-electron chi connectivity index (χ0n) is 9.01. The molecule has 0 fully saturated rings. The lowest BCUT2D eigenvalue weighted by molar-refractivity contribution is -0.144. The Morgan fingerprint density at radius 2 is 2.12 bits per heavy atom. The number of aromatic nitrogens is 3. The molecule has 0 bridgehead atoms. The number of hydrogen-bond acceptors (Lipinski definition) is 2. The van der Waals surface area contributed by atoms with Crippen LogP contribution in [-0.2, 0) is 12.6 Å². The van der Waals surface area contributed by atoms with Crippen LogP contribution in [0.1, 0.15) is 24.7 Å². The fourth-order valence-electron chi connectivity index (χ4n) is 1.61. The Bertz CT molecular complexity index is 597. The largest absolute Gasteiger partial charge is 0.451 e. The molecule has 2 aromatic heterocycles. The quantitative estimate of drug-likeness (QED) is 0.879. The van der Waals surface area contributed by atoms with Gasteiger partial charge in [-0.1, -0.05) is 13.3 Å². The topological polar surface area (TPSA) is 50.2 Å². The fraction of sp³-hybridized carbons (Fsp3) is 0.400. The Kier molecular flexibility index (Phi) is 2.68. The van der Waals surface area contributed by atoms with E-state index in [1.807, 2.05) is 12.0 Å². The Morgan fingerprint density at radius 1 is 1.41 bits per heavy atom. The molecule has 0 spiro atoms. The molecule has 0 aromatic carbocycles. The number of aromatic amines is 1. The number of halogens is 3. The normalized spacial score (nSPS) is 12.2. The molecule has 0 aliphatic rings. The molecule has 1 N–H and O–H groups in total. The standard InChI is InChI=1S/C10H10F3N3O/c1-2-3-6-4-7-14-9(10(11,12)13)15-16(7)8(17)5-6/h4-5H,2-3H2,1H3,(H,14,15). The van der Waals surface area contributed by atoms with Crippen LogP contribution in [0.5, 0.6) is 0 Å². The number of pyridine rings is 1. The van der Waals surface area contributed by atoms with E-state index in [1.54, 1.807) is 0 Å². The summed E-state index contributed by atoms with van der Waals surface area (Å²) >= 11 is 0. The number of H-pyrrole nitrogens is 1. The molecule has 2 heterocycles. The van der Waals surface area contributed by atoms with Gasteiger partial charge < -0.3 is 0 Å². The molecule has 4 nitrogen and oxygen atoms in total. The molecule has 0 saturated carbocycles. The molecule has 0 amide bonds. The van der Waals surface area contributed by atoms with Crippen molar-refractivity contribution in [1.29, 1.82) is 0 Å². The van der Waals surface area contributed by atoms with Crippen molar-refractivity contribution in [1.82, 2.24) is 14.6 Å². The summed E-state index contributed by atoms with van der Waals surface area (Å²) in [6.07, 6.45) is -3.13. The first-order chi connectivity index (χ1) is 7.91. The highest BCUT2D eigenvalue weighted by molar-refractivity contribution is 5.40. The zero-order valence-corrected chi connectivity index (χ0v) is 9.01. The number of rotatable bonds is 2. The van der Waals surface area contributed by atoms with Gasteiger partial charge in [0.15, 0.2) is 5.65 Å². The van der Waals surface area contributed by atoms with E-state index in [0.29, 0.717) is 12.0 Å². The lowest BCUT2D eigenvalue weighted by atomic mass is 10.1. The van der Waals surface area contributed by atoms with Crippen molar-refractivity contribution >= 4 is 5.65 Å². The summed E-state index contributed by atoms with van der Waals surface area (Å²) < 4.78 is 38.0. The van der Waals surface area contributed by atoms with Gasteiger partial charge in [0, 0.05) is 6.07 Å². The third-order valence-electron chi connectivity index (χ3n) is 2.32. The van der Waals surface area contributed by atoms with Gasteiger partial charge >= 0.3 is 6.18 Å². The van der Waals surface area contributed by atoms with Gasteiger partial charge in [-0.25, -0.2) is 4.98 Å². The maximum atomic E-state index is 12.4. The molecule has 7 heteroatoms. The van der Waals surface area contributed by atoms with Crippen LogP contribution in [0.3, 0.4) is 0 Å². The van der Waals surface area contributed by atoms with E-state index in [2.05, 4.69) is 4.98 Å². The van der Waals surface area contributed by atoms with E-state index in [1.165, 1.54) is 12.1 Å². The first-order valence-electron chi connectivity index (χ1n) is 5.10. The van der Waals surface area contributed by atoms with Crippen molar-refractivity contribution in [2.75, 3.05) is 0 Å². The van der Waals surface area contributed by atoms with Crippen LogP contribution in [0, 0.1) is 0 Å². The minimum atomic E-state index is -4.58. The number of fused-ring (bicyclic) bond motifs is 1. The van der Waals surface area contributed by atoms with Gasteiger partial charge in [0.2, 0.25) is 5.82 Å². The van der Waals surface area contributed by atoms with Crippen molar-refractivity contribution in [2.45, 2.75) is 25.9 Å². The molecular weight excluding hydrogens is 235 g/mol. The number of hydrogen-bond donors (Lipinski definition) is 1. The van der Waals surface area contributed by atoms with Crippen LogP contribution in [0.4, 0.5) is 13.2 Å². The van der Waals surface area contributed by atoms with Crippen molar-refractivity contribution < 1.29 is 13.2 Å². The number of nitrogens with one attached hydrogen (secondary N) is 1. The van der Waals surface area contributed by atoms with E-state index >= 15 is 0 Å². The molecule has 0 saturated heterocycles. The van der Waals surface area contributed by atoms with E-state index in [-0.39, 0.29) is 5.65 Å². The maximum Gasteiger partial charge on any atom is 0.451 e. The van der Waals surface area contributed by atoms with Crippen LogP contribution in [-0.4, -0.2) is 14.6 Å². The van der Waals surface area contributed by atoms with E-state index < -0.39 is 17.6 Å². The highest BCUT2D eigenvalue weighted by Gasteiger charge is 2.35. The summed E-state index contributed by atoms with van der Waals surface area (Å²) in [6, 6.07) is 2.80. The summed E-state index contributed by atoms with van der Waals surface area (Å²) in [5, 5.41) is 1.94. The number of nitrogens with zero attached hydrogens (tertiary/aromatic N) is 2. The maximum absolute atomic E-state index is 12.4. The molecular formula is C10H10F3N3O. The molecule has 0 atom stereocenters. The monoisotopic (exact) mass is 245 g/mol. The van der Waals surface area contributed by atoms with Crippen LogP contribution < -0.4 is 5.56 Å². The van der Waals surface area contributed by atoms with Crippen LogP contribution >= 0.6 is 0 Å². The molecule has 17 heavy (non-hydrogen) atoms. The molecule has 2 aromatic rings. The van der Waals surface area contributed by atoms with E-state index in [4.69, 9.17) is 0 Å². The van der Waals surface area contributed by atoms with Crippen molar-refractivity contribution in [3.05, 3.63) is 33.9 Å². The summed E-state index contributed by atoms with van der Waals surface area (Å²) in [5.41, 5.74) is 0.153. The first kappa shape index (κ1) is 11.7. The van der Waals surface area contributed by atoms with Gasteiger partial charge in [0.1, 0.15) is 0 Å². The summed E-state index contributed by atoms with van der Waals surface area (Å²) in [5.74, 6) is -1.16. The molecule has 2 rings (SSSR count). The lowest BCUT2D eigenvalue weighted by Gasteiger charge is -1.98. The predicted molar refractivity (Wildman–Crippen MR) is 54.8 cm³/mol. The van der Waals surface area contributed by atoms with Gasteiger partial charge in [-0.05, 0) is 18.1 Å². The van der Waals surface area contributed by atoms with E-state index in [9.17, 15) is 18.0 Å². The van der Waals surface area contributed by atoms with Crippen LogP contribution in [0.25, 0.3) is 5.65 Å². The summed E-state index contributed by atoms with van der Waals surface area (Å²) in [4.78, 5) is 14.9. The van der Waals surface area contributed by atoms with Gasteiger partial charge in [-0.15, -0.1) is 0 Å². The van der Waals surface area contributed by atoms with E-state index in [0.717, 1.165) is 10.9 Å². The molecule has 0 aliphatic carbocycles. The molecule has 0 unspecified atom stereocenters. The predicted octanol–water partition coefficient (Wildman–Crippen LogP) is 1.99. The number of aryl methyl sites for hydroxylation is 1. The first-order valence-corrected chi connectivity index (χ1v) is 5.10. The van der Waals surface area contributed by atoms with Gasteiger partial charge in [0.05, 0.1) is 0 Å². The Balaban J connectivity index is 2.61. The smallest absolute Gasteiger partial charge is 0.269 e. The summed E-state index contributed by atoms with van der Waals surface area (Å²) in [6.45, 7) is 1.92. The Hall–Kier alpha value is -1.79. The third kappa shape index (κ3) is 2.17. The minimum absolute atomic E-state index is 0.00623. The lowest BCUT2D eigenvalue weighted by Crippen LogP contribution is -2.15. The average molecular weight is 245 g/mol. The average Bonchev–Trinajstić information content (AvgIpc) is 2.61. The van der Waals surface area contributed by atoms with Crippen molar-refractivity contribution in [3.8, 4) is 0 Å². The molecule has 92 valence electrons.